The van der Waals surface area contributed by atoms with Crippen molar-refractivity contribution in [2.24, 2.45) is 0 Å². The minimum atomic E-state index is -0.686. The molecular formula is C22H24FN3O4. The second-order valence-corrected chi connectivity index (χ2v) is 7.03. The van der Waals surface area contributed by atoms with Gasteiger partial charge >= 0.3 is 5.97 Å². The van der Waals surface area contributed by atoms with Crippen molar-refractivity contribution in [3.63, 3.8) is 0 Å². The van der Waals surface area contributed by atoms with Gasteiger partial charge in [0.1, 0.15) is 12.4 Å². The summed E-state index contributed by atoms with van der Waals surface area (Å²) in [6, 6.07) is 13.5. The molecule has 8 heteroatoms. The Kier molecular flexibility index (Phi) is 7.00. The molecule has 1 heterocycles. The average molecular weight is 413 g/mol. The van der Waals surface area contributed by atoms with Crippen LogP contribution in [0.5, 0.6) is 0 Å². The van der Waals surface area contributed by atoms with E-state index in [0.29, 0.717) is 37.4 Å². The topological polar surface area (TPSA) is 78.9 Å². The van der Waals surface area contributed by atoms with Gasteiger partial charge < -0.3 is 19.9 Å². The fourth-order valence-electron chi connectivity index (χ4n) is 3.15. The molecule has 1 aliphatic rings. The van der Waals surface area contributed by atoms with Crippen molar-refractivity contribution in [2.45, 2.75) is 6.92 Å². The molecule has 1 saturated heterocycles. The summed E-state index contributed by atoms with van der Waals surface area (Å²) in [6.07, 6.45) is 0. The third-order valence-electron chi connectivity index (χ3n) is 4.89. The molecule has 0 spiro atoms. The number of rotatable bonds is 6. The monoisotopic (exact) mass is 413 g/mol. The lowest BCUT2D eigenvalue weighted by atomic mass is 10.1. The normalized spacial score (nSPS) is 13.7. The lowest BCUT2D eigenvalue weighted by Gasteiger charge is -2.36. The lowest BCUT2D eigenvalue weighted by Crippen LogP contribution is -2.50. The molecule has 0 saturated carbocycles. The number of halogens is 1. The van der Waals surface area contributed by atoms with Gasteiger partial charge in [0.2, 0.25) is 0 Å². The van der Waals surface area contributed by atoms with Gasteiger partial charge in [0.05, 0.1) is 5.69 Å². The van der Waals surface area contributed by atoms with E-state index in [1.54, 1.807) is 47.4 Å². The van der Waals surface area contributed by atoms with E-state index in [1.165, 1.54) is 6.07 Å². The van der Waals surface area contributed by atoms with Crippen molar-refractivity contribution in [2.75, 3.05) is 44.2 Å². The summed E-state index contributed by atoms with van der Waals surface area (Å²) in [4.78, 5) is 39.6. The standard InChI is InChI=1S/C22H24FN3O4/c1-16-6-8-17(9-7-16)22(29)24-14-21(28)30-15-20(27)26-12-10-25(11-13-26)19-5-3-2-4-18(19)23/h2-9H,10-15H2,1H3,(H,24,29). The summed E-state index contributed by atoms with van der Waals surface area (Å²) in [6.45, 7) is 3.01. The number of aryl methyl sites for hydroxylation is 1. The van der Waals surface area contributed by atoms with Gasteiger partial charge in [-0.25, -0.2) is 4.39 Å². The number of hydrogen-bond donors (Lipinski definition) is 1. The lowest BCUT2D eigenvalue weighted by molar-refractivity contribution is -0.151. The summed E-state index contributed by atoms with van der Waals surface area (Å²) < 4.78 is 18.9. The van der Waals surface area contributed by atoms with E-state index in [-0.39, 0.29) is 30.8 Å². The zero-order valence-corrected chi connectivity index (χ0v) is 16.8. The smallest absolute Gasteiger partial charge is 0.325 e. The molecule has 1 N–H and O–H groups in total. The Morgan fingerprint density at radius 3 is 2.33 bits per heavy atom. The van der Waals surface area contributed by atoms with E-state index in [2.05, 4.69) is 5.32 Å². The first-order valence-electron chi connectivity index (χ1n) is 9.72. The van der Waals surface area contributed by atoms with Gasteiger partial charge in [0.25, 0.3) is 11.8 Å². The number of amides is 2. The number of anilines is 1. The van der Waals surface area contributed by atoms with Crippen molar-refractivity contribution >= 4 is 23.5 Å². The maximum absolute atomic E-state index is 13.9. The first-order chi connectivity index (χ1) is 14.4. The Balaban J connectivity index is 1.38. The largest absolute Gasteiger partial charge is 0.454 e. The SMILES string of the molecule is Cc1ccc(C(=O)NCC(=O)OCC(=O)N2CCN(c3ccccc3F)CC2)cc1. The van der Waals surface area contributed by atoms with Gasteiger partial charge in [-0.2, -0.15) is 0 Å². The number of ether oxygens (including phenoxy) is 1. The number of carbonyl (C=O) groups excluding carboxylic acids is 3. The van der Waals surface area contributed by atoms with Crippen LogP contribution in [0.25, 0.3) is 0 Å². The maximum atomic E-state index is 13.9. The second kappa shape index (κ2) is 9.87. The molecule has 1 fully saturated rings. The molecule has 0 unspecified atom stereocenters. The van der Waals surface area contributed by atoms with Crippen molar-refractivity contribution < 1.29 is 23.5 Å². The molecule has 0 atom stereocenters. The van der Waals surface area contributed by atoms with E-state index in [9.17, 15) is 18.8 Å². The van der Waals surface area contributed by atoms with Gasteiger partial charge in [-0.05, 0) is 31.2 Å². The fraction of sp³-hybridized carbons (Fsp3) is 0.318. The number of esters is 1. The molecule has 0 radical (unpaired) electrons. The number of hydrogen-bond acceptors (Lipinski definition) is 5. The molecule has 2 aromatic rings. The molecule has 0 aliphatic carbocycles. The first-order valence-corrected chi connectivity index (χ1v) is 9.72. The third-order valence-corrected chi connectivity index (χ3v) is 4.89. The second-order valence-electron chi connectivity index (χ2n) is 7.03. The maximum Gasteiger partial charge on any atom is 0.325 e. The Morgan fingerprint density at radius 1 is 1.00 bits per heavy atom. The van der Waals surface area contributed by atoms with Crippen LogP contribution in [0.4, 0.5) is 10.1 Å². The van der Waals surface area contributed by atoms with Crippen LogP contribution in [0.1, 0.15) is 15.9 Å². The molecule has 1 aliphatic heterocycles. The number of nitrogens with zero attached hydrogens (tertiary/aromatic N) is 2. The summed E-state index contributed by atoms with van der Waals surface area (Å²) in [5, 5.41) is 2.47. The van der Waals surface area contributed by atoms with E-state index < -0.39 is 5.97 Å². The van der Waals surface area contributed by atoms with Gasteiger partial charge in [0.15, 0.2) is 6.61 Å². The van der Waals surface area contributed by atoms with E-state index >= 15 is 0 Å². The molecule has 2 amide bonds. The summed E-state index contributed by atoms with van der Waals surface area (Å²) >= 11 is 0. The van der Waals surface area contributed by atoms with Crippen LogP contribution in [0.3, 0.4) is 0 Å². The van der Waals surface area contributed by atoms with Gasteiger partial charge in [-0.3, -0.25) is 14.4 Å². The Bertz CT molecular complexity index is 909. The van der Waals surface area contributed by atoms with Crippen LogP contribution in [-0.4, -0.2) is 62.0 Å². The molecule has 158 valence electrons. The van der Waals surface area contributed by atoms with E-state index in [0.717, 1.165) is 5.56 Å². The van der Waals surface area contributed by atoms with Crippen molar-refractivity contribution in [1.82, 2.24) is 10.2 Å². The number of para-hydroxylation sites is 1. The number of carbonyl (C=O) groups is 3. The molecule has 30 heavy (non-hydrogen) atoms. The molecule has 7 nitrogen and oxygen atoms in total. The Hall–Kier alpha value is -3.42. The summed E-state index contributed by atoms with van der Waals surface area (Å²) in [5.74, 6) is -1.68. The van der Waals surface area contributed by atoms with Crippen LogP contribution in [-0.2, 0) is 14.3 Å². The highest BCUT2D eigenvalue weighted by molar-refractivity contribution is 5.96. The molecular weight excluding hydrogens is 389 g/mol. The van der Waals surface area contributed by atoms with Gasteiger partial charge in [-0.1, -0.05) is 29.8 Å². The minimum Gasteiger partial charge on any atom is -0.454 e. The zero-order valence-electron chi connectivity index (χ0n) is 16.8. The molecule has 3 rings (SSSR count). The molecule has 2 aromatic carbocycles. The Labute approximate surface area is 174 Å². The van der Waals surface area contributed by atoms with E-state index in [1.807, 2.05) is 11.8 Å². The highest BCUT2D eigenvalue weighted by Crippen LogP contribution is 2.20. The van der Waals surface area contributed by atoms with E-state index in [4.69, 9.17) is 4.74 Å². The first kappa shape index (κ1) is 21.3. The zero-order chi connectivity index (χ0) is 21.5. The predicted molar refractivity (Wildman–Crippen MR) is 110 cm³/mol. The number of benzene rings is 2. The number of piperazine rings is 1. The van der Waals surface area contributed by atoms with Gasteiger partial charge in [0, 0.05) is 31.7 Å². The highest BCUT2D eigenvalue weighted by Gasteiger charge is 2.23. The molecule has 0 bridgehead atoms. The Morgan fingerprint density at radius 2 is 1.67 bits per heavy atom. The van der Waals surface area contributed by atoms with Crippen LogP contribution in [0, 0.1) is 12.7 Å². The van der Waals surface area contributed by atoms with Crippen molar-refractivity contribution in [3.8, 4) is 0 Å². The minimum absolute atomic E-state index is 0.293. The van der Waals surface area contributed by atoms with Crippen molar-refractivity contribution in [3.05, 3.63) is 65.5 Å². The summed E-state index contributed by atoms with van der Waals surface area (Å²) in [5.41, 5.74) is 1.98. The van der Waals surface area contributed by atoms with Crippen LogP contribution >= 0.6 is 0 Å². The quantitative estimate of drug-likeness (QED) is 0.730. The molecule has 0 aromatic heterocycles. The van der Waals surface area contributed by atoms with Gasteiger partial charge in [-0.15, -0.1) is 0 Å². The fourth-order valence-corrected chi connectivity index (χ4v) is 3.15. The number of nitrogens with one attached hydrogen (secondary N) is 1. The van der Waals surface area contributed by atoms with Crippen LogP contribution in [0.15, 0.2) is 48.5 Å². The van der Waals surface area contributed by atoms with Crippen LogP contribution < -0.4 is 10.2 Å². The average Bonchev–Trinajstić information content (AvgIpc) is 2.77. The third kappa shape index (κ3) is 5.56. The predicted octanol–water partition coefficient (Wildman–Crippen LogP) is 1.76. The highest BCUT2D eigenvalue weighted by atomic mass is 19.1. The summed E-state index contributed by atoms with van der Waals surface area (Å²) in [7, 11) is 0. The van der Waals surface area contributed by atoms with Crippen molar-refractivity contribution in [1.29, 1.82) is 0 Å². The van der Waals surface area contributed by atoms with Crippen LogP contribution in [0.2, 0.25) is 0 Å².